The molecule has 1 nitrogen and oxygen atoms in total. The maximum Gasteiger partial charge on any atom is 0.200 e. The van der Waals surface area contributed by atoms with Crippen LogP contribution < -0.4 is 0 Å². The topological polar surface area (TPSA) is 17.1 Å². The van der Waals surface area contributed by atoms with Crippen molar-refractivity contribution in [1.29, 1.82) is 0 Å². The number of Topliss-reactive ketones (excluding diaryl/α,β-unsaturated/α-hetero) is 1. The van der Waals surface area contributed by atoms with Crippen LogP contribution in [0.2, 0.25) is 0 Å². The molecule has 0 atom stereocenters. The molecular formula is C11H11F5O. The van der Waals surface area contributed by atoms with Crippen LogP contribution in [0.1, 0.15) is 26.7 Å². The molecule has 0 saturated heterocycles. The summed E-state index contributed by atoms with van der Waals surface area (Å²) in [5, 5.41) is 0. The van der Waals surface area contributed by atoms with Gasteiger partial charge in [0.05, 0.1) is 0 Å². The number of carbonyl (C=O) groups excluding carboxylic acids is 1. The summed E-state index contributed by atoms with van der Waals surface area (Å²) in [5.74, 6) is -9.31. The van der Waals surface area contributed by atoms with Gasteiger partial charge >= 0.3 is 0 Å². The molecular weight excluding hydrogens is 243 g/mol. The Morgan fingerprint density at radius 1 is 0.882 bits per heavy atom. The number of hydrogen-bond donors (Lipinski definition) is 0. The van der Waals surface area contributed by atoms with Crippen LogP contribution in [0.5, 0.6) is 0 Å². The predicted molar refractivity (Wildman–Crippen MR) is 51.8 cm³/mol. The van der Waals surface area contributed by atoms with E-state index in [-0.39, 0.29) is 6.07 Å². The minimum absolute atomic E-state index is 0.0618. The molecule has 1 aromatic rings. The second kappa shape index (κ2) is 6.98. The van der Waals surface area contributed by atoms with Gasteiger partial charge in [-0.25, -0.2) is 22.0 Å². The fourth-order valence-corrected chi connectivity index (χ4v) is 0.794. The number of ketones is 1. The first kappa shape index (κ1) is 15.5. The zero-order valence-electron chi connectivity index (χ0n) is 9.29. The highest BCUT2D eigenvalue weighted by Crippen LogP contribution is 2.16. The lowest BCUT2D eigenvalue weighted by molar-refractivity contribution is -0.118. The van der Waals surface area contributed by atoms with Gasteiger partial charge in [0, 0.05) is 18.9 Å². The zero-order chi connectivity index (χ0) is 13.6. The van der Waals surface area contributed by atoms with E-state index in [4.69, 9.17) is 0 Å². The van der Waals surface area contributed by atoms with E-state index in [1.807, 2.05) is 13.8 Å². The largest absolute Gasteiger partial charge is 0.300 e. The molecule has 0 saturated carbocycles. The lowest BCUT2D eigenvalue weighted by Gasteiger charge is -1.96. The Balaban J connectivity index is 0.000000366. The second-order valence-corrected chi connectivity index (χ2v) is 3.03. The first-order valence-corrected chi connectivity index (χ1v) is 4.85. The fourth-order valence-electron chi connectivity index (χ4n) is 0.794. The van der Waals surface area contributed by atoms with Crippen molar-refractivity contribution in [3.63, 3.8) is 0 Å². The molecule has 0 N–H and O–H groups in total. The van der Waals surface area contributed by atoms with E-state index in [0.717, 1.165) is 0 Å². The minimum Gasteiger partial charge on any atom is -0.300 e. The van der Waals surface area contributed by atoms with Crippen molar-refractivity contribution in [2.75, 3.05) is 0 Å². The van der Waals surface area contributed by atoms with Crippen molar-refractivity contribution in [3.05, 3.63) is 35.2 Å². The van der Waals surface area contributed by atoms with E-state index in [9.17, 15) is 26.7 Å². The Morgan fingerprint density at radius 3 is 1.47 bits per heavy atom. The van der Waals surface area contributed by atoms with Crippen molar-refractivity contribution in [2.45, 2.75) is 26.7 Å². The summed E-state index contributed by atoms with van der Waals surface area (Å²) in [4.78, 5) is 10.2. The highest BCUT2D eigenvalue weighted by molar-refractivity contribution is 5.77. The summed E-state index contributed by atoms with van der Waals surface area (Å²) in [6.07, 6.45) is 1.38. The van der Waals surface area contributed by atoms with Gasteiger partial charge < -0.3 is 0 Å². The number of rotatable bonds is 2. The van der Waals surface area contributed by atoms with E-state index in [2.05, 4.69) is 0 Å². The third-order valence-corrected chi connectivity index (χ3v) is 1.85. The Kier molecular flexibility index (Phi) is 6.38. The van der Waals surface area contributed by atoms with Gasteiger partial charge in [-0.2, -0.15) is 0 Å². The third-order valence-electron chi connectivity index (χ3n) is 1.85. The molecule has 0 aliphatic carbocycles. The summed E-state index contributed by atoms with van der Waals surface area (Å²) in [5.41, 5.74) is 0. The van der Waals surface area contributed by atoms with Crippen LogP contribution in [0.4, 0.5) is 22.0 Å². The van der Waals surface area contributed by atoms with Crippen molar-refractivity contribution >= 4 is 5.78 Å². The maximum absolute atomic E-state index is 12.0. The number of hydrogen-bond acceptors (Lipinski definition) is 1. The fraction of sp³-hybridized carbons (Fsp3) is 0.364. The van der Waals surface area contributed by atoms with Crippen LogP contribution in [-0.2, 0) is 4.79 Å². The molecule has 0 unspecified atom stereocenters. The maximum atomic E-state index is 12.0. The highest BCUT2D eigenvalue weighted by Gasteiger charge is 2.18. The average Bonchev–Trinajstić information content (AvgIpc) is 2.33. The lowest BCUT2D eigenvalue weighted by atomic mass is 10.3. The van der Waals surface area contributed by atoms with Crippen LogP contribution in [0.15, 0.2) is 6.07 Å². The molecule has 0 fully saturated rings. The molecule has 0 aromatic heterocycles. The first-order valence-electron chi connectivity index (χ1n) is 4.85. The smallest absolute Gasteiger partial charge is 0.200 e. The molecule has 0 spiro atoms. The summed E-state index contributed by atoms with van der Waals surface area (Å²) in [6.45, 7) is 3.76. The first-order chi connectivity index (χ1) is 7.84. The normalized spacial score (nSPS) is 9.59. The van der Waals surface area contributed by atoms with Crippen LogP contribution in [0.25, 0.3) is 0 Å². The van der Waals surface area contributed by atoms with Crippen molar-refractivity contribution in [2.24, 2.45) is 0 Å². The summed E-state index contributed by atoms with van der Waals surface area (Å²) >= 11 is 0. The molecule has 0 heterocycles. The highest BCUT2D eigenvalue weighted by atomic mass is 19.2. The molecule has 96 valence electrons. The molecule has 1 rings (SSSR count). The van der Waals surface area contributed by atoms with Crippen LogP contribution in [0.3, 0.4) is 0 Å². The van der Waals surface area contributed by atoms with Gasteiger partial charge in [-0.15, -0.1) is 0 Å². The SMILES string of the molecule is CCC(=O)CC.Fc1cc(F)c(F)c(F)c1F. The number of halogens is 5. The van der Waals surface area contributed by atoms with Gasteiger partial charge in [0.15, 0.2) is 23.3 Å². The standard InChI is InChI=1S/C6HF5.C5H10O/c7-2-1-3(8)5(10)6(11)4(2)9;1-3-5(6)4-2/h1H;3-4H2,1-2H3. The van der Waals surface area contributed by atoms with Crippen molar-refractivity contribution in [1.82, 2.24) is 0 Å². The van der Waals surface area contributed by atoms with Gasteiger partial charge in [0.25, 0.3) is 0 Å². The van der Waals surface area contributed by atoms with Gasteiger partial charge in [-0.05, 0) is 0 Å². The Morgan fingerprint density at radius 2 is 1.24 bits per heavy atom. The second-order valence-electron chi connectivity index (χ2n) is 3.03. The lowest BCUT2D eigenvalue weighted by Crippen LogP contribution is -1.98. The average molecular weight is 254 g/mol. The monoisotopic (exact) mass is 254 g/mol. The van der Waals surface area contributed by atoms with Crippen LogP contribution in [0, 0.1) is 29.1 Å². The zero-order valence-corrected chi connectivity index (χ0v) is 9.29. The van der Waals surface area contributed by atoms with E-state index >= 15 is 0 Å². The Hall–Kier alpha value is -1.46. The molecule has 6 heteroatoms. The van der Waals surface area contributed by atoms with Crippen LogP contribution >= 0.6 is 0 Å². The molecule has 0 aliphatic heterocycles. The summed E-state index contributed by atoms with van der Waals surface area (Å²) < 4.78 is 60.0. The summed E-state index contributed by atoms with van der Waals surface area (Å²) in [6, 6.07) is -0.0618. The minimum atomic E-state index is -2.14. The Labute approximate surface area is 95.3 Å². The van der Waals surface area contributed by atoms with Gasteiger partial charge in [-0.1, -0.05) is 13.8 Å². The molecule has 0 aliphatic rings. The van der Waals surface area contributed by atoms with Gasteiger partial charge in [-0.3, -0.25) is 4.79 Å². The van der Waals surface area contributed by atoms with E-state index in [1.54, 1.807) is 0 Å². The van der Waals surface area contributed by atoms with E-state index in [1.165, 1.54) is 0 Å². The summed E-state index contributed by atoms with van der Waals surface area (Å²) in [7, 11) is 0. The van der Waals surface area contributed by atoms with E-state index < -0.39 is 29.1 Å². The molecule has 0 bridgehead atoms. The quantitative estimate of drug-likeness (QED) is 0.446. The van der Waals surface area contributed by atoms with E-state index in [0.29, 0.717) is 18.6 Å². The van der Waals surface area contributed by atoms with Crippen LogP contribution in [-0.4, -0.2) is 5.78 Å². The molecule has 0 amide bonds. The molecule has 17 heavy (non-hydrogen) atoms. The van der Waals surface area contributed by atoms with Gasteiger partial charge in [0.2, 0.25) is 5.82 Å². The molecule has 0 radical (unpaired) electrons. The van der Waals surface area contributed by atoms with Crippen molar-refractivity contribution < 1.29 is 26.7 Å². The van der Waals surface area contributed by atoms with Crippen molar-refractivity contribution in [3.8, 4) is 0 Å². The van der Waals surface area contributed by atoms with Gasteiger partial charge in [0.1, 0.15) is 5.78 Å². The molecule has 1 aromatic carbocycles. The number of carbonyl (C=O) groups is 1. The number of benzene rings is 1. The predicted octanol–water partition coefficient (Wildman–Crippen LogP) is 3.76. The Bertz CT molecular complexity index is 371. The third kappa shape index (κ3) is 4.50.